The highest BCUT2D eigenvalue weighted by Crippen LogP contribution is 2.32. The second-order valence-electron chi connectivity index (χ2n) is 4.25. The van der Waals surface area contributed by atoms with Gasteiger partial charge in [0.05, 0.1) is 6.42 Å². The van der Waals surface area contributed by atoms with Crippen LogP contribution in [0.3, 0.4) is 0 Å². The zero-order valence-corrected chi connectivity index (χ0v) is 12.1. The van der Waals surface area contributed by atoms with Crippen molar-refractivity contribution in [1.29, 1.82) is 0 Å². The van der Waals surface area contributed by atoms with Gasteiger partial charge in [-0.25, -0.2) is 0 Å². The minimum absolute atomic E-state index is 0.0156. The minimum Gasteiger partial charge on any atom is -0.508 e. The van der Waals surface area contributed by atoms with Crippen LogP contribution in [0.5, 0.6) is 5.75 Å². The molecule has 0 aliphatic heterocycles. The maximum atomic E-state index is 10.6. The molecule has 0 amide bonds. The van der Waals surface area contributed by atoms with Crippen LogP contribution in [-0.4, -0.2) is 34.7 Å². The molecule has 1 rings (SSSR count). The second kappa shape index (κ2) is 6.75. The van der Waals surface area contributed by atoms with Crippen LogP contribution in [0.15, 0.2) is 22.7 Å². The number of nitrogens with zero attached hydrogens (tertiary/aromatic N) is 1. The predicted octanol–water partition coefficient (Wildman–Crippen LogP) is 3.01. The zero-order valence-electron chi connectivity index (χ0n) is 10.6. The lowest BCUT2D eigenvalue weighted by molar-refractivity contribution is -0.137. The summed E-state index contributed by atoms with van der Waals surface area (Å²) in [6, 6.07) is 5.32. The fraction of sp³-hybridized carbons (Fsp3) is 0.462. The van der Waals surface area contributed by atoms with Gasteiger partial charge in [-0.3, -0.25) is 9.69 Å². The van der Waals surface area contributed by atoms with Crippen LogP contribution in [0.4, 0.5) is 0 Å². The van der Waals surface area contributed by atoms with Crippen molar-refractivity contribution in [3.8, 4) is 5.75 Å². The molecular weight excluding hydrogens is 298 g/mol. The molecule has 0 fully saturated rings. The number of phenolic OH excluding ortho intramolecular Hbond substituents is 1. The lowest BCUT2D eigenvalue weighted by atomic mass is 10.0. The summed E-state index contributed by atoms with van der Waals surface area (Å²) in [6.45, 7) is 2.47. The Balaban J connectivity index is 2.87. The van der Waals surface area contributed by atoms with Gasteiger partial charge in [0.15, 0.2) is 0 Å². The van der Waals surface area contributed by atoms with Gasteiger partial charge in [0, 0.05) is 22.6 Å². The second-order valence-corrected chi connectivity index (χ2v) is 5.17. The number of benzene rings is 1. The van der Waals surface area contributed by atoms with E-state index in [0.717, 1.165) is 16.5 Å². The largest absolute Gasteiger partial charge is 0.508 e. The molecule has 0 aliphatic carbocycles. The average molecular weight is 316 g/mol. The average Bonchev–Trinajstić information content (AvgIpc) is 2.32. The van der Waals surface area contributed by atoms with Crippen LogP contribution in [0, 0.1) is 0 Å². The van der Waals surface area contributed by atoms with E-state index in [2.05, 4.69) is 15.9 Å². The standard InChI is InChI=1S/C13H18BrNO3/c1-3-11(15(2)7-6-13(17)18)10-8-9(14)4-5-12(10)16/h4-5,8,11,16H,3,6-7H2,1-2H3,(H,17,18). The first-order valence-electron chi connectivity index (χ1n) is 5.86. The molecule has 2 N–H and O–H groups in total. The molecule has 0 saturated carbocycles. The Bertz CT molecular complexity index is 423. The third-order valence-corrected chi connectivity index (χ3v) is 3.44. The molecule has 0 aliphatic rings. The third kappa shape index (κ3) is 3.99. The fourth-order valence-corrected chi connectivity index (χ4v) is 2.37. The van der Waals surface area contributed by atoms with E-state index in [-0.39, 0.29) is 18.2 Å². The number of carboxylic acids is 1. The van der Waals surface area contributed by atoms with Crippen molar-refractivity contribution >= 4 is 21.9 Å². The smallest absolute Gasteiger partial charge is 0.304 e. The molecule has 1 atom stereocenters. The molecule has 1 aromatic rings. The van der Waals surface area contributed by atoms with Crippen molar-refractivity contribution in [2.75, 3.05) is 13.6 Å². The molecule has 0 bridgehead atoms. The molecule has 0 aromatic heterocycles. The highest BCUT2D eigenvalue weighted by Gasteiger charge is 2.19. The summed E-state index contributed by atoms with van der Waals surface area (Å²) in [5.74, 6) is -0.567. The summed E-state index contributed by atoms with van der Waals surface area (Å²) in [5.41, 5.74) is 0.819. The predicted molar refractivity (Wildman–Crippen MR) is 73.7 cm³/mol. The normalized spacial score (nSPS) is 12.7. The Morgan fingerprint density at radius 3 is 2.72 bits per heavy atom. The van der Waals surface area contributed by atoms with Gasteiger partial charge in [-0.2, -0.15) is 0 Å². The molecular formula is C13H18BrNO3. The highest BCUT2D eigenvalue weighted by molar-refractivity contribution is 9.10. The number of carbonyl (C=O) groups is 1. The lowest BCUT2D eigenvalue weighted by Crippen LogP contribution is -2.26. The fourth-order valence-electron chi connectivity index (χ4n) is 1.99. The van der Waals surface area contributed by atoms with Crippen LogP contribution in [0.25, 0.3) is 0 Å². The third-order valence-electron chi connectivity index (χ3n) is 2.95. The summed E-state index contributed by atoms with van der Waals surface area (Å²) < 4.78 is 0.903. The van der Waals surface area contributed by atoms with Gasteiger partial charge < -0.3 is 10.2 Å². The molecule has 5 heteroatoms. The number of hydrogen-bond donors (Lipinski definition) is 2. The van der Waals surface area contributed by atoms with Crippen LogP contribution < -0.4 is 0 Å². The van der Waals surface area contributed by atoms with E-state index in [4.69, 9.17) is 5.11 Å². The van der Waals surface area contributed by atoms with E-state index < -0.39 is 5.97 Å². The van der Waals surface area contributed by atoms with Gasteiger partial charge in [0.1, 0.15) is 5.75 Å². The van der Waals surface area contributed by atoms with Crippen molar-refractivity contribution < 1.29 is 15.0 Å². The van der Waals surface area contributed by atoms with Crippen molar-refractivity contribution in [3.05, 3.63) is 28.2 Å². The molecule has 4 nitrogen and oxygen atoms in total. The van der Waals surface area contributed by atoms with Crippen LogP contribution >= 0.6 is 15.9 Å². The van der Waals surface area contributed by atoms with Gasteiger partial charge in [-0.1, -0.05) is 22.9 Å². The van der Waals surface area contributed by atoms with Crippen molar-refractivity contribution in [1.82, 2.24) is 4.90 Å². The molecule has 18 heavy (non-hydrogen) atoms. The summed E-state index contributed by atoms with van der Waals surface area (Å²) in [7, 11) is 1.87. The number of phenols is 1. The number of carboxylic acid groups (broad SMARTS) is 1. The summed E-state index contributed by atoms with van der Waals surface area (Å²) in [5, 5.41) is 18.6. The Labute approximate surface area is 115 Å². The van der Waals surface area contributed by atoms with E-state index in [1.807, 2.05) is 24.9 Å². The monoisotopic (exact) mass is 315 g/mol. The molecule has 0 spiro atoms. The summed E-state index contributed by atoms with van der Waals surface area (Å²) in [4.78, 5) is 12.5. The number of aromatic hydroxyl groups is 1. The van der Waals surface area contributed by atoms with Crippen LogP contribution in [-0.2, 0) is 4.79 Å². The number of halogens is 1. The maximum absolute atomic E-state index is 10.6. The molecule has 100 valence electrons. The highest BCUT2D eigenvalue weighted by atomic mass is 79.9. The quantitative estimate of drug-likeness (QED) is 0.847. The van der Waals surface area contributed by atoms with E-state index in [9.17, 15) is 9.90 Å². The molecule has 0 radical (unpaired) electrons. The SMILES string of the molecule is CCC(c1cc(Br)ccc1O)N(C)CCC(=O)O. The first-order valence-corrected chi connectivity index (χ1v) is 6.65. The van der Waals surface area contributed by atoms with Gasteiger partial charge in [0.2, 0.25) is 0 Å². The van der Waals surface area contributed by atoms with Gasteiger partial charge in [-0.15, -0.1) is 0 Å². The molecule has 0 heterocycles. The first kappa shape index (κ1) is 15.0. The van der Waals surface area contributed by atoms with Gasteiger partial charge in [-0.05, 0) is 31.7 Å². The number of aliphatic carboxylic acids is 1. The summed E-state index contributed by atoms with van der Waals surface area (Å²) in [6.07, 6.45) is 0.905. The first-order chi connectivity index (χ1) is 8.45. The number of hydrogen-bond acceptors (Lipinski definition) is 3. The van der Waals surface area contributed by atoms with Crippen LogP contribution in [0.1, 0.15) is 31.4 Å². The number of rotatable bonds is 6. The minimum atomic E-state index is -0.810. The Kier molecular flexibility index (Phi) is 5.62. The maximum Gasteiger partial charge on any atom is 0.304 e. The Morgan fingerprint density at radius 2 is 2.17 bits per heavy atom. The molecule has 0 saturated heterocycles. The van der Waals surface area contributed by atoms with Crippen molar-refractivity contribution in [2.24, 2.45) is 0 Å². The zero-order chi connectivity index (χ0) is 13.7. The topological polar surface area (TPSA) is 60.8 Å². The van der Waals surface area contributed by atoms with Crippen molar-refractivity contribution in [3.63, 3.8) is 0 Å². The molecule has 1 aromatic carbocycles. The van der Waals surface area contributed by atoms with E-state index in [0.29, 0.717) is 6.54 Å². The van der Waals surface area contributed by atoms with Crippen LogP contribution in [0.2, 0.25) is 0 Å². The lowest BCUT2D eigenvalue weighted by Gasteiger charge is -2.27. The molecule has 1 unspecified atom stereocenters. The van der Waals surface area contributed by atoms with E-state index in [1.54, 1.807) is 12.1 Å². The van der Waals surface area contributed by atoms with Crippen molar-refractivity contribution in [2.45, 2.75) is 25.8 Å². The van der Waals surface area contributed by atoms with E-state index >= 15 is 0 Å². The Hall–Kier alpha value is -1.07. The van der Waals surface area contributed by atoms with Gasteiger partial charge >= 0.3 is 5.97 Å². The Morgan fingerprint density at radius 1 is 1.50 bits per heavy atom. The van der Waals surface area contributed by atoms with Gasteiger partial charge in [0.25, 0.3) is 0 Å². The summed E-state index contributed by atoms with van der Waals surface area (Å²) >= 11 is 3.38. The van der Waals surface area contributed by atoms with E-state index in [1.165, 1.54) is 0 Å².